The van der Waals surface area contributed by atoms with Crippen LogP contribution in [-0.4, -0.2) is 20.3 Å². The second kappa shape index (κ2) is 5.82. The van der Waals surface area contributed by atoms with Gasteiger partial charge >= 0.3 is 0 Å². The largest absolute Gasteiger partial charge is 0.410 e. The molecule has 0 bridgehead atoms. The van der Waals surface area contributed by atoms with Crippen molar-refractivity contribution in [2.45, 2.75) is 0 Å². The van der Waals surface area contributed by atoms with Crippen LogP contribution in [0.3, 0.4) is 0 Å². The van der Waals surface area contributed by atoms with Crippen molar-refractivity contribution in [1.29, 1.82) is 0 Å². The summed E-state index contributed by atoms with van der Waals surface area (Å²) in [5, 5.41) is 17.0. The highest BCUT2D eigenvalue weighted by molar-refractivity contribution is 7.08. The first kappa shape index (κ1) is 14.5. The Morgan fingerprint density at radius 3 is 2.62 bits per heavy atom. The van der Waals surface area contributed by atoms with Crippen LogP contribution in [0.25, 0.3) is 16.9 Å². The topological polar surface area (TPSA) is 75.9 Å². The highest BCUT2D eigenvalue weighted by Gasteiger charge is 2.15. The van der Waals surface area contributed by atoms with Crippen molar-refractivity contribution in [3.63, 3.8) is 0 Å². The third kappa shape index (κ3) is 2.33. The molecule has 0 saturated carbocycles. The zero-order valence-corrected chi connectivity index (χ0v) is 13.4. The summed E-state index contributed by atoms with van der Waals surface area (Å²) in [4.78, 5) is 4.41. The number of hydrogen-bond acceptors (Lipinski definition) is 5. The second-order valence-electron chi connectivity index (χ2n) is 5.32. The molecule has 3 aromatic heterocycles. The molecule has 0 fully saturated rings. The molecule has 0 spiro atoms. The van der Waals surface area contributed by atoms with Crippen LogP contribution < -0.4 is 5.73 Å². The molecule has 118 valence electrons. The van der Waals surface area contributed by atoms with Crippen LogP contribution in [0.1, 0.15) is 11.1 Å². The third-order valence-electron chi connectivity index (χ3n) is 3.86. The minimum Gasteiger partial charge on any atom is -0.410 e. The van der Waals surface area contributed by atoms with E-state index in [2.05, 4.69) is 10.1 Å². The standard InChI is InChI=1S/C18H14N4OS/c19-18-17(14-8-9-24-11-14)22-10-13(6-7-15(22)20-18)16(21-23)12-4-2-1-3-5-12/h1-11,23H,19H2/b21-16+. The number of benzene rings is 1. The molecule has 3 N–H and O–H groups in total. The summed E-state index contributed by atoms with van der Waals surface area (Å²) in [7, 11) is 0. The van der Waals surface area contributed by atoms with Crippen molar-refractivity contribution in [2.75, 3.05) is 5.73 Å². The van der Waals surface area contributed by atoms with Crippen molar-refractivity contribution in [3.05, 3.63) is 76.6 Å². The Kier molecular flexibility index (Phi) is 3.51. The second-order valence-corrected chi connectivity index (χ2v) is 6.10. The number of nitrogens with zero attached hydrogens (tertiary/aromatic N) is 3. The van der Waals surface area contributed by atoms with Crippen LogP contribution in [0.2, 0.25) is 0 Å². The third-order valence-corrected chi connectivity index (χ3v) is 4.54. The quantitative estimate of drug-likeness (QED) is 0.339. The molecule has 4 rings (SSSR count). The smallest absolute Gasteiger partial charge is 0.150 e. The van der Waals surface area contributed by atoms with Gasteiger partial charge in [-0.25, -0.2) is 4.98 Å². The predicted octanol–water partition coefficient (Wildman–Crippen LogP) is 3.87. The number of thiophene rings is 1. The van der Waals surface area contributed by atoms with E-state index in [9.17, 15) is 5.21 Å². The fourth-order valence-electron chi connectivity index (χ4n) is 2.77. The fourth-order valence-corrected chi connectivity index (χ4v) is 3.41. The molecular weight excluding hydrogens is 320 g/mol. The van der Waals surface area contributed by atoms with Crippen LogP contribution in [0.4, 0.5) is 5.82 Å². The van der Waals surface area contributed by atoms with E-state index < -0.39 is 0 Å². The van der Waals surface area contributed by atoms with Gasteiger partial charge in [-0.15, -0.1) is 0 Å². The predicted molar refractivity (Wildman–Crippen MR) is 96.8 cm³/mol. The molecule has 1 aromatic carbocycles. The monoisotopic (exact) mass is 334 g/mol. The maximum Gasteiger partial charge on any atom is 0.150 e. The molecule has 0 aliphatic carbocycles. The van der Waals surface area contributed by atoms with E-state index in [1.54, 1.807) is 11.3 Å². The van der Waals surface area contributed by atoms with E-state index in [4.69, 9.17) is 5.73 Å². The van der Waals surface area contributed by atoms with Gasteiger partial charge in [-0.1, -0.05) is 35.5 Å². The van der Waals surface area contributed by atoms with E-state index in [1.165, 1.54) is 0 Å². The number of imidazole rings is 1. The first-order chi connectivity index (χ1) is 11.8. The summed E-state index contributed by atoms with van der Waals surface area (Å²) in [6, 6.07) is 15.3. The first-order valence-corrected chi connectivity index (χ1v) is 8.30. The average Bonchev–Trinajstić information content (AvgIpc) is 3.23. The van der Waals surface area contributed by atoms with Crippen molar-refractivity contribution >= 4 is 28.5 Å². The van der Waals surface area contributed by atoms with Gasteiger partial charge in [0.05, 0.1) is 5.69 Å². The molecule has 0 unspecified atom stereocenters. The van der Waals surface area contributed by atoms with Gasteiger partial charge in [0.15, 0.2) is 5.82 Å². The maximum atomic E-state index is 9.50. The zero-order valence-electron chi connectivity index (χ0n) is 12.6. The summed E-state index contributed by atoms with van der Waals surface area (Å²) in [5.41, 5.74) is 10.8. The Morgan fingerprint density at radius 1 is 1.08 bits per heavy atom. The number of oxime groups is 1. The highest BCUT2D eigenvalue weighted by atomic mass is 32.1. The van der Waals surface area contributed by atoms with Crippen molar-refractivity contribution in [1.82, 2.24) is 9.38 Å². The number of rotatable bonds is 3. The summed E-state index contributed by atoms with van der Waals surface area (Å²) in [6.45, 7) is 0. The maximum absolute atomic E-state index is 9.50. The Labute approximate surface area is 142 Å². The van der Waals surface area contributed by atoms with Crippen molar-refractivity contribution < 1.29 is 5.21 Å². The number of hydrogen-bond donors (Lipinski definition) is 2. The lowest BCUT2D eigenvalue weighted by atomic mass is 10.0. The summed E-state index contributed by atoms with van der Waals surface area (Å²) >= 11 is 1.61. The number of pyridine rings is 1. The van der Waals surface area contributed by atoms with Gasteiger partial charge in [-0.2, -0.15) is 11.3 Å². The SMILES string of the molecule is Nc1nc2ccc(/C(=N/O)c3ccccc3)cn2c1-c1ccsc1. The van der Waals surface area contributed by atoms with Crippen LogP contribution in [0, 0.1) is 0 Å². The average molecular weight is 334 g/mol. The van der Waals surface area contributed by atoms with Gasteiger partial charge < -0.3 is 10.9 Å². The number of anilines is 1. The van der Waals surface area contributed by atoms with Gasteiger partial charge in [0.2, 0.25) is 0 Å². The van der Waals surface area contributed by atoms with E-state index in [0.717, 1.165) is 28.0 Å². The molecule has 0 amide bonds. The van der Waals surface area contributed by atoms with Crippen LogP contribution >= 0.6 is 11.3 Å². The van der Waals surface area contributed by atoms with E-state index in [-0.39, 0.29) is 0 Å². The summed E-state index contributed by atoms with van der Waals surface area (Å²) in [5.74, 6) is 0.479. The van der Waals surface area contributed by atoms with E-state index in [1.807, 2.05) is 69.9 Å². The molecule has 0 radical (unpaired) electrons. The molecule has 6 heteroatoms. The van der Waals surface area contributed by atoms with Gasteiger partial charge in [0.1, 0.15) is 11.4 Å². The zero-order chi connectivity index (χ0) is 16.5. The fraction of sp³-hybridized carbons (Fsp3) is 0. The minimum atomic E-state index is 0.479. The van der Waals surface area contributed by atoms with Gasteiger partial charge in [0.25, 0.3) is 0 Å². The van der Waals surface area contributed by atoms with Crippen LogP contribution in [-0.2, 0) is 0 Å². The molecular formula is C18H14N4OS. The number of nitrogens with two attached hydrogens (primary N) is 1. The lowest BCUT2D eigenvalue weighted by Gasteiger charge is -2.07. The number of nitrogen functional groups attached to an aromatic ring is 1. The molecule has 0 atom stereocenters. The molecule has 3 heterocycles. The molecule has 0 aliphatic rings. The molecule has 0 saturated heterocycles. The van der Waals surface area contributed by atoms with Gasteiger partial charge in [0, 0.05) is 28.3 Å². The normalized spacial score (nSPS) is 11.9. The summed E-state index contributed by atoms with van der Waals surface area (Å²) < 4.78 is 1.93. The number of fused-ring (bicyclic) bond motifs is 1. The number of aromatic nitrogens is 2. The molecule has 5 nitrogen and oxygen atoms in total. The lowest BCUT2D eigenvalue weighted by molar-refractivity contribution is 0.319. The van der Waals surface area contributed by atoms with Crippen LogP contribution in [0.15, 0.2) is 70.6 Å². The first-order valence-electron chi connectivity index (χ1n) is 7.36. The van der Waals surface area contributed by atoms with Crippen LogP contribution in [0.5, 0.6) is 0 Å². The minimum absolute atomic E-state index is 0.479. The summed E-state index contributed by atoms with van der Waals surface area (Å²) in [6.07, 6.45) is 1.90. The Hall–Kier alpha value is -3.12. The highest BCUT2D eigenvalue weighted by Crippen LogP contribution is 2.29. The molecule has 24 heavy (non-hydrogen) atoms. The Morgan fingerprint density at radius 2 is 1.92 bits per heavy atom. The Balaban J connectivity index is 1.91. The van der Waals surface area contributed by atoms with Crippen molar-refractivity contribution in [3.8, 4) is 11.3 Å². The molecule has 4 aromatic rings. The van der Waals surface area contributed by atoms with Gasteiger partial charge in [-0.05, 0) is 23.6 Å². The van der Waals surface area contributed by atoms with E-state index >= 15 is 0 Å². The molecule has 0 aliphatic heterocycles. The van der Waals surface area contributed by atoms with Gasteiger partial charge in [-0.3, -0.25) is 4.40 Å². The van der Waals surface area contributed by atoms with Crippen molar-refractivity contribution in [2.24, 2.45) is 5.16 Å². The lowest BCUT2D eigenvalue weighted by Crippen LogP contribution is -2.05. The van der Waals surface area contributed by atoms with E-state index in [0.29, 0.717) is 11.5 Å². The Bertz CT molecular complexity index is 1020.